The molecule has 2 atom stereocenters. The average Bonchev–Trinajstić information content (AvgIpc) is 2.61. The van der Waals surface area contributed by atoms with Crippen molar-refractivity contribution in [3.8, 4) is 0 Å². The summed E-state index contributed by atoms with van der Waals surface area (Å²) in [4.78, 5) is 14.3. The molecular weight excluding hydrogens is 288 g/mol. The number of carbonyl (C=O) groups excluding carboxylic acids is 1. The molecule has 2 unspecified atom stereocenters. The molecule has 2 aromatic rings. The number of ether oxygens (including phenoxy) is 1. The summed E-state index contributed by atoms with van der Waals surface area (Å²) in [5.41, 5.74) is 8.21. The van der Waals surface area contributed by atoms with Gasteiger partial charge in [-0.3, -0.25) is 0 Å². The summed E-state index contributed by atoms with van der Waals surface area (Å²) in [6, 6.07) is 19.9. The molecule has 0 aliphatic carbocycles. The number of amides is 1. The third-order valence-electron chi connectivity index (χ3n) is 4.27. The number of hydrogen-bond donors (Lipinski definition) is 1. The van der Waals surface area contributed by atoms with Crippen LogP contribution in [-0.4, -0.2) is 23.6 Å². The van der Waals surface area contributed by atoms with Crippen molar-refractivity contribution in [2.24, 2.45) is 5.73 Å². The van der Waals surface area contributed by atoms with Gasteiger partial charge in [-0.25, -0.2) is 4.79 Å². The second kappa shape index (κ2) is 7.29. The van der Waals surface area contributed by atoms with Crippen LogP contribution in [0.4, 0.5) is 4.79 Å². The maximum atomic E-state index is 12.5. The zero-order chi connectivity index (χ0) is 16.1. The fourth-order valence-electron chi connectivity index (χ4n) is 3.00. The molecule has 1 saturated heterocycles. The van der Waals surface area contributed by atoms with E-state index in [9.17, 15) is 4.79 Å². The van der Waals surface area contributed by atoms with Gasteiger partial charge >= 0.3 is 6.09 Å². The smallest absolute Gasteiger partial charge is 0.410 e. The first-order valence-electron chi connectivity index (χ1n) is 8.02. The van der Waals surface area contributed by atoms with Crippen LogP contribution in [0.25, 0.3) is 0 Å². The van der Waals surface area contributed by atoms with Gasteiger partial charge in [0.05, 0.1) is 6.04 Å². The second-order valence-corrected chi connectivity index (χ2v) is 5.94. The van der Waals surface area contributed by atoms with E-state index in [-0.39, 0.29) is 18.2 Å². The molecule has 0 aromatic heterocycles. The number of nitrogens with two attached hydrogens (primary N) is 1. The van der Waals surface area contributed by atoms with Crippen LogP contribution in [0.15, 0.2) is 60.7 Å². The second-order valence-electron chi connectivity index (χ2n) is 5.94. The van der Waals surface area contributed by atoms with Crippen LogP contribution in [0.3, 0.4) is 0 Å². The van der Waals surface area contributed by atoms with Crippen LogP contribution in [0.2, 0.25) is 0 Å². The van der Waals surface area contributed by atoms with Gasteiger partial charge in [0.1, 0.15) is 6.61 Å². The van der Waals surface area contributed by atoms with Gasteiger partial charge in [0, 0.05) is 12.6 Å². The fourth-order valence-corrected chi connectivity index (χ4v) is 3.00. The van der Waals surface area contributed by atoms with Gasteiger partial charge in [0.2, 0.25) is 0 Å². The lowest BCUT2D eigenvalue weighted by molar-refractivity contribution is 0.0645. The highest BCUT2D eigenvalue weighted by Gasteiger charge is 2.32. The molecule has 1 aliphatic heterocycles. The first-order valence-corrected chi connectivity index (χ1v) is 8.02. The van der Waals surface area contributed by atoms with Crippen molar-refractivity contribution in [3.05, 3.63) is 71.8 Å². The molecule has 0 saturated carbocycles. The minimum absolute atomic E-state index is 0.0109. The molecule has 4 nitrogen and oxygen atoms in total. The van der Waals surface area contributed by atoms with E-state index in [1.165, 1.54) is 0 Å². The van der Waals surface area contributed by atoms with E-state index in [4.69, 9.17) is 10.5 Å². The average molecular weight is 310 g/mol. The quantitative estimate of drug-likeness (QED) is 0.944. The van der Waals surface area contributed by atoms with Crippen LogP contribution < -0.4 is 5.73 Å². The van der Waals surface area contributed by atoms with Crippen molar-refractivity contribution in [1.29, 1.82) is 0 Å². The summed E-state index contributed by atoms with van der Waals surface area (Å²) in [6.07, 6.45) is 1.31. The number of nitrogens with zero attached hydrogens (tertiary/aromatic N) is 1. The number of likely N-dealkylation sites (tertiary alicyclic amines) is 1. The number of benzene rings is 2. The van der Waals surface area contributed by atoms with E-state index in [0.29, 0.717) is 13.2 Å². The Hall–Kier alpha value is -2.33. The van der Waals surface area contributed by atoms with Crippen molar-refractivity contribution in [2.75, 3.05) is 6.54 Å². The molecule has 1 amide bonds. The molecular formula is C19H22N2O2. The van der Waals surface area contributed by atoms with E-state index in [0.717, 1.165) is 24.0 Å². The Balaban J connectivity index is 1.69. The van der Waals surface area contributed by atoms with Gasteiger partial charge in [-0.1, -0.05) is 60.7 Å². The van der Waals surface area contributed by atoms with Crippen molar-refractivity contribution in [2.45, 2.75) is 31.5 Å². The molecule has 2 N–H and O–H groups in total. The fraction of sp³-hybridized carbons (Fsp3) is 0.316. The summed E-state index contributed by atoms with van der Waals surface area (Å²) in [6.45, 7) is 0.929. The zero-order valence-corrected chi connectivity index (χ0v) is 13.1. The molecule has 3 rings (SSSR count). The standard InChI is InChI=1S/C19H22N2O2/c20-17-11-12-21(18(13-17)16-9-5-2-6-10-16)19(22)23-14-15-7-3-1-4-8-15/h1-10,17-18H,11-14,20H2. The minimum atomic E-state index is -0.269. The summed E-state index contributed by atoms with van der Waals surface area (Å²) in [7, 11) is 0. The Bertz CT molecular complexity index is 630. The minimum Gasteiger partial charge on any atom is -0.445 e. The lowest BCUT2D eigenvalue weighted by Crippen LogP contribution is -2.45. The maximum absolute atomic E-state index is 12.5. The molecule has 120 valence electrons. The highest BCUT2D eigenvalue weighted by atomic mass is 16.6. The summed E-state index contributed by atoms with van der Waals surface area (Å²) < 4.78 is 5.50. The Kier molecular flexibility index (Phi) is 4.93. The molecule has 1 aliphatic rings. The van der Waals surface area contributed by atoms with Crippen LogP contribution >= 0.6 is 0 Å². The van der Waals surface area contributed by atoms with Crippen molar-refractivity contribution in [1.82, 2.24) is 4.90 Å². The molecule has 0 radical (unpaired) electrons. The van der Waals surface area contributed by atoms with Gasteiger partial charge < -0.3 is 15.4 Å². The van der Waals surface area contributed by atoms with Gasteiger partial charge in [-0.15, -0.1) is 0 Å². The third-order valence-corrected chi connectivity index (χ3v) is 4.27. The molecule has 1 fully saturated rings. The highest BCUT2D eigenvalue weighted by molar-refractivity contribution is 5.68. The summed E-state index contributed by atoms with van der Waals surface area (Å²) in [5, 5.41) is 0. The molecule has 4 heteroatoms. The highest BCUT2D eigenvalue weighted by Crippen LogP contribution is 2.31. The molecule has 1 heterocycles. The monoisotopic (exact) mass is 310 g/mol. The first kappa shape index (κ1) is 15.6. The van der Waals surface area contributed by atoms with E-state index in [2.05, 4.69) is 0 Å². The topological polar surface area (TPSA) is 55.6 Å². The Morgan fingerprint density at radius 2 is 1.74 bits per heavy atom. The Labute approximate surface area is 136 Å². The lowest BCUT2D eigenvalue weighted by atomic mass is 9.93. The molecule has 0 bridgehead atoms. The molecule has 0 spiro atoms. The van der Waals surface area contributed by atoms with Crippen molar-refractivity contribution < 1.29 is 9.53 Å². The van der Waals surface area contributed by atoms with E-state index < -0.39 is 0 Å². The molecule has 2 aromatic carbocycles. The van der Waals surface area contributed by atoms with Gasteiger partial charge in [-0.05, 0) is 24.0 Å². The van der Waals surface area contributed by atoms with Crippen LogP contribution in [-0.2, 0) is 11.3 Å². The number of carbonyl (C=O) groups is 1. The largest absolute Gasteiger partial charge is 0.445 e. The van der Waals surface area contributed by atoms with Crippen LogP contribution in [0.5, 0.6) is 0 Å². The van der Waals surface area contributed by atoms with E-state index >= 15 is 0 Å². The molecule has 23 heavy (non-hydrogen) atoms. The van der Waals surface area contributed by atoms with Crippen molar-refractivity contribution >= 4 is 6.09 Å². The first-order chi connectivity index (χ1) is 11.2. The summed E-state index contributed by atoms with van der Waals surface area (Å²) >= 11 is 0. The van der Waals surface area contributed by atoms with Crippen LogP contribution in [0.1, 0.15) is 30.0 Å². The number of piperidine rings is 1. The third kappa shape index (κ3) is 3.90. The Morgan fingerprint density at radius 1 is 1.09 bits per heavy atom. The maximum Gasteiger partial charge on any atom is 0.410 e. The SMILES string of the molecule is NC1CCN(C(=O)OCc2ccccc2)C(c2ccccc2)C1. The van der Waals surface area contributed by atoms with E-state index in [1.54, 1.807) is 0 Å². The van der Waals surface area contributed by atoms with Gasteiger partial charge in [0.25, 0.3) is 0 Å². The number of rotatable bonds is 3. The van der Waals surface area contributed by atoms with E-state index in [1.807, 2.05) is 65.6 Å². The van der Waals surface area contributed by atoms with Crippen molar-refractivity contribution in [3.63, 3.8) is 0 Å². The lowest BCUT2D eigenvalue weighted by Gasteiger charge is -2.37. The summed E-state index contributed by atoms with van der Waals surface area (Å²) in [5.74, 6) is 0. The van der Waals surface area contributed by atoms with Gasteiger partial charge in [-0.2, -0.15) is 0 Å². The number of hydrogen-bond acceptors (Lipinski definition) is 3. The Morgan fingerprint density at radius 3 is 2.43 bits per heavy atom. The predicted octanol–water partition coefficient (Wildman–Crippen LogP) is 3.49. The normalized spacial score (nSPS) is 21.0. The zero-order valence-electron chi connectivity index (χ0n) is 13.1. The predicted molar refractivity (Wildman–Crippen MR) is 89.7 cm³/mol. The van der Waals surface area contributed by atoms with Crippen LogP contribution in [0, 0.1) is 0 Å². The van der Waals surface area contributed by atoms with Gasteiger partial charge in [0.15, 0.2) is 0 Å².